The first kappa shape index (κ1) is 21.7. The Balaban J connectivity index is 1.36. The second-order valence-corrected chi connectivity index (χ2v) is 8.48. The van der Waals surface area contributed by atoms with Crippen molar-refractivity contribution in [1.82, 2.24) is 25.1 Å². The number of fused-ring (bicyclic) bond motifs is 2. The molecule has 0 saturated carbocycles. The van der Waals surface area contributed by atoms with Gasteiger partial charge in [-0.15, -0.1) is 0 Å². The minimum absolute atomic E-state index is 0.421. The quantitative estimate of drug-likeness (QED) is 0.233. The highest BCUT2D eigenvalue weighted by atomic mass is 16.3. The predicted molar refractivity (Wildman–Crippen MR) is 142 cm³/mol. The molecule has 6 aromatic rings. The molecule has 3 heterocycles. The Morgan fingerprint density at radius 3 is 2.69 bits per heavy atom. The van der Waals surface area contributed by atoms with Crippen molar-refractivity contribution in [2.75, 3.05) is 10.6 Å². The number of hydrogen-bond donors (Lipinski definition) is 4. The molecule has 0 amide bonds. The van der Waals surface area contributed by atoms with Gasteiger partial charge in [0.2, 0.25) is 0 Å². The Morgan fingerprint density at radius 2 is 1.78 bits per heavy atom. The molecule has 0 spiro atoms. The lowest BCUT2D eigenvalue weighted by atomic mass is 10.1. The van der Waals surface area contributed by atoms with E-state index in [0.29, 0.717) is 18.1 Å². The monoisotopic (exact) mass is 473 g/mol. The van der Waals surface area contributed by atoms with Crippen molar-refractivity contribution in [3.8, 4) is 11.4 Å². The van der Waals surface area contributed by atoms with Crippen LogP contribution in [0.3, 0.4) is 0 Å². The number of nitrogens with zero attached hydrogens (tertiary/aromatic N) is 4. The van der Waals surface area contributed by atoms with E-state index in [-0.39, 0.29) is 0 Å². The van der Waals surface area contributed by atoms with Crippen LogP contribution in [0.2, 0.25) is 0 Å². The fourth-order valence-electron chi connectivity index (χ4n) is 4.23. The number of anilines is 3. The number of aliphatic hydroxyl groups excluding tert-OH is 1. The maximum Gasteiger partial charge on any atom is 0.164 e. The summed E-state index contributed by atoms with van der Waals surface area (Å²) < 4.78 is 0. The fraction of sp³-hybridized carbons (Fsp3) is 0.0714. The topological polar surface area (TPSA) is 112 Å². The van der Waals surface area contributed by atoms with Crippen molar-refractivity contribution >= 4 is 39.0 Å². The van der Waals surface area contributed by atoms with Crippen LogP contribution in [-0.4, -0.2) is 36.5 Å². The van der Waals surface area contributed by atoms with Gasteiger partial charge in [0.25, 0.3) is 0 Å². The van der Waals surface area contributed by atoms with Gasteiger partial charge in [0, 0.05) is 46.5 Å². The van der Waals surface area contributed by atoms with E-state index >= 15 is 0 Å². The van der Waals surface area contributed by atoms with Gasteiger partial charge in [-0.2, -0.15) is 5.10 Å². The molecule has 36 heavy (non-hydrogen) atoms. The summed E-state index contributed by atoms with van der Waals surface area (Å²) in [5, 5.41) is 26.4. The van der Waals surface area contributed by atoms with Gasteiger partial charge in [-0.1, -0.05) is 30.3 Å². The molecule has 176 valence electrons. The normalized spacial score (nSPS) is 12.0. The third-order valence-corrected chi connectivity index (χ3v) is 5.95. The molecular formula is C28H23N7O. The molecule has 0 aliphatic rings. The molecule has 0 fully saturated rings. The zero-order chi connectivity index (χ0) is 24.3. The van der Waals surface area contributed by atoms with Gasteiger partial charge in [0.1, 0.15) is 12.0 Å². The number of para-hydroxylation sites is 2. The van der Waals surface area contributed by atoms with Crippen LogP contribution in [0.15, 0.2) is 97.5 Å². The number of benzene rings is 3. The summed E-state index contributed by atoms with van der Waals surface area (Å²) in [6.45, 7) is 0. The number of aromatic amines is 1. The molecule has 0 aliphatic heterocycles. The van der Waals surface area contributed by atoms with E-state index in [1.807, 2.05) is 78.9 Å². The third kappa shape index (κ3) is 4.45. The molecule has 1 atom stereocenters. The highest BCUT2D eigenvalue weighted by molar-refractivity contribution is 5.94. The van der Waals surface area contributed by atoms with Crippen LogP contribution >= 0.6 is 0 Å². The second kappa shape index (κ2) is 9.44. The summed E-state index contributed by atoms with van der Waals surface area (Å²) in [4.78, 5) is 13.9. The first-order valence-electron chi connectivity index (χ1n) is 11.6. The van der Waals surface area contributed by atoms with Crippen molar-refractivity contribution in [2.24, 2.45) is 0 Å². The summed E-state index contributed by atoms with van der Waals surface area (Å²) in [7, 11) is 0. The van der Waals surface area contributed by atoms with Crippen molar-refractivity contribution in [1.29, 1.82) is 0 Å². The van der Waals surface area contributed by atoms with Gasteiger partial charge in [-0.05, 0) is 54.1 Å². The van der Waals surface area contributed by atoms with Gasteiger partial charge in [0.05, 0.1) is 17.2 Å². The standard InChI is InChI=1S/C28H23N7O/c36-26(14-18-6-5-13-29-16-18)32-24-9-3-1-7-21(24)28-33-25-10-4-2-8-22(25)27(34-28)31-20-11-12-23-19(15-20)17-30-35-23/h1-13,15-17,26,32,36H,14H2,(H,30,35)(H,31,33,34). The molecule has 1 unspecified atom stereocenters. The van der Waals surface area contributed by atoms with Crippen LogP contribution in [-0.2, 0) is 6.42 Å². The van der Waals surface area contributed by atoms with E-state index < -0.39 is 6.23 Å². The summed E-state index contributed by atoms with van der Waals surface area (Å²) in [6, 6.07) is 25.4. The van der Waals surface area contributed by atoms with Crippen LogP contribution < -0.4 is 10.6 Å². The van der Waals surface area contributed by atoms with Crippen molar-refractivity contribution in [2.45, 2.75) is 12.6 Å². The molecule has 6 rings (SSSR count). The molecular weight excluding hydrogens is 450 g/mol. The second-order valence-electron chi connectivity index (χ2n) is 8.48. The smallest absolute Gasteiger partial charge is 0.164 e. The number of pyridine rings is 1. The third-order valence-electron chi connectivity index (χ3n) is 5.95. The van der Waals surface area contributed by atoms with E-state index in [1.165, 1.54) is 0 Å². The minimum Gasteiger partial charge on any atom is -0.373 e. The van der Waals surface area contributed by atoms with Crippen LogP contribution in [0.1, 0.15) is 5.56 Å². The molecule has 3 aromatic heterocycles. The van der Waals surface area contributed by atoms with E-state index in [0.717, 1.165) is 44.3 Å². The summed E-state index contributed by atoms with van der Waals surface area (Å²) >= 11 is 0. The van der Waals surface area contributed by atoms with Crippen LogP contribution in [0.4, 0.5) is 17.2 Å². The molecule has 3 aromatic carbocycles. The molecule has 0 bridgehead atoms. The molecule has 0 saturated heterocycles. The Kier molecular flexibility index (Phi) is 5.69. The highest BCUT2D eigenvalue weighted by Crippen LogP contribution is 2.31. The lowest BCUT2D eigenvalue weighted by Crippen LogP contribution is -2.22. The average Bonchev–Trinajstić information content (AvgIpc) is 3.37. The lowest BCUT2D eigenvalue weighted by Gasteiger charge is -2.18. The van der Waals surface area contributed by atoms with Crippen molar-refractivity contribution in [3.05, 3.63) is 103 Å². The largest absolute Gasteiger partial charge is 0.373 e. The first-order chi connectivity index (χ1) is 17.7. The number of rotatable bonds is 7. The number of aliphatic hydroxyl groups is 1. The SMILES string of the molecule is OC(Cc1cccnc1)Nc1ccccc1-c1nc(Nc2ccc3[nH]ncc3c2)c2ccccc2n1. The Hall–Kier alpha value is -4.82. The van der Waals surface area contributed by atoms with Gasteiger partial charge >= 0.3 is 0 Å². The molecule has 0 radical (unpaired) electrons. The Bertz CT molecular complexity index is 1650. The lowest BCUT2D eigenvalue weighted by molar-refractivity contribution is 0.204. The Labute approximate surface area is 207 Å². The van der Waals surface area contributed by atoms with Crippen LogP contribution in [0.25, 0.3) is 33.2 Å². The van der Waals surface area contributed by atoms with E-state index in [2.05, 4.69) is 25.8 Å². The molecule has 0 aliphatic carbocycles. The number of H-pyrrole nitrogens is 1. The van der Waals surface area contributed by atoms with E-state index in [4.69, 9.17) is 9.97 Å². The van der Waals surface area contributed by atoms with Crippen molar-refractivity contribution in [3.63, 3.8) is 0 Å². The fourth-order valence-corrected chi connectivity index (χ4v) is 4.23. The summed E-state index contributed by atoms with van der Waals surface area (Å²) in [6.07, 6.45) is 4.89. The van der Waals surface area contributed by atoms with Crippen molar-refractivity contribution < 1.29 is 5.11 Å². The minimum atomic E-state index is -0.796. The zero-order valence-corrected chi connectivity index (χ0v) is 19.3. The molecule has 4 N–H and O–H groups in total. The predicted octanol–water partition coefficient (Wildman–Crippen LogP) is 5.28. The van der Waals surface area contributed by atoms with Crippen LogP contribution in [0, 0.1) is 0 Å². The van der Waals surface area contributed by atoms with E-state index in [1.54, 1.807) is 18.6 Å². The highest BCUT2D eigenvalue weighted by Gasteiger charge is 2.15. The molecule has 8 heteroatoms. The number of nitrogens with one attached hydrogen (secondary N) is 3. The van der Waals surface area contributed by atoms with Gasteiger partial charge < -0.3 is 15.7 Å². The van der Waals surface area contributed by atoms with Gasteiger partial charge in [-0.25, -0.2) is 9.97 Å². The summed E-state index contributed by atoms with van der Waals surface area (Å²) in [5.74, 6) is 1.25. The maximum atomic E-state index is 10.7. The maximum absolute atomic E-state index is 10.7. The van der Waals surface area contributed by atoms with Gasteiger partial charge in [-0.3, -0.25) is 10.1 Å². The number of aromatic nitrogens is 5. The number of hydrogen-bond acceptors (Lipinski definition) is 7. The van der Waals surface area contributed by atoms with E-state index in [9.17, 15) is 5.11 Å². The average molecular weight is 474 g/mol. The molecule has 8 nitrogen and oxygen atoms in total. The van der Waals surface area contributed by atoms with Crippen LogP contribution in [0.5, 0.6) is 0 Å². The summed E-state index contributed by atoms with van der Waals surface area (Å²) in [5.41, 5.74) is 5.17. The van der Waals surface area contributed by atoms with Gasteiger partial charge in [0.15, 0.2) is 5.82 Å². The Morgan fingerprint density at radius 1 is 0.889 bits per heavy atom. The first-order valence-corrected chi connectivity index (χ1v) is 11.6. The zero-order valence-electron chi connectivity index (χ0n) is 19.3.